The highest BCUT2D eigenvalue weighted by molar-refractivity contribution is 5.76. The number of carbonyl (C=O) groups is 1. The van der Waals surface area contributed by atoms with E-state index in [9.17, 15) is 4.79 Å². The van der Waals surface area contributed by atoms with Gasteiger partial charge in [0.1, 0.15) is 0 Å². The summed E-state index contributed by atoms with van der Waals surface area (Å²) in [6.07, 6.45) is 2.42. The quantitative estimate of drug-likeness (QED) is 0.612. The Morgan fingerprint density at radius 1 is 1.23 bits per heavy atom. The van der Waals surface area contributed by atoms with Gasteiger partial charge in [-0.05, 0) is 34.5 Å². The third-order valence-corrected chi connectivity index (χ3v) is 6.03. The molecule has 1 amide bonds. The molecule has 1 saturated heterocycles. The Balaban J connectivity index is 1.72. The second-order valence-corrected chi connectivity index (χ2v) is 8.26. The van der Waals surface area contributed by atoms with Crippen molar-refractivity contribution in [1.29, 1.82) is 0 Å². The van der Waals surface area contributed by atoms with E-state index in [-0.39, 0.29) is 17.9 Å². The third-order valence-electron chi connectivity index (χ3n) is 6.03. The number of piperidine rings is 1. The predicted molar refractivity (Wildman–Crippen MR) is 111 cm³/mol. The molecule has 1 aromatic heterocycles. The Hall–Kier alpha value is -2.68. The van der Waals surface area contributed by atoms with Gasteiger partial charge in [0.25, 0.3) is 0 Å². The number of aromatic nitrogens is 4. The molecule has 0 radical (unpaired) electrons. The number of rotatable bonds is 9. The van der Waals surface area contributed by atoms with Gasteiger partial charge in [-0.25, -0.2) is 4.68 Å². The first-order chi connectivity index (χ1) is 14.4. The van der Waals surface area contributed by atoms with Crippen molar-refractivity contribution in [3.05, 3.63) is 29.6 Å². The maximum atomic E-state index is 11.5. The second kappa shape index (κ2) is 9.88. The topological polar surface area (TPSA) is 110 Å². The number of quaternary nitrogens is 1. The highest BCUT2D eigenvalue weighted by Crippen LogP contribution is 2.28. The van der Waals surface area contributed by atoms with Crippen molar-refractivity contribution in [3.8, 4) is 11.5 Å². The summed E-state index contributed by atoms with van der Waals surface area (Å²) in [6, 6.07) is 6.12. The summed E-state index contributed by atoms with van der Waals surface area (Å²) in [6.45, 7) is 6.88. The summed E-state index contributed by atoms with van der Waals surface area (Å²) in [5.41, 5.74) is 6.63. The maximum Gasteiger partial charge on any atom is 0.220 e. The number of benzene rings is 1. The Bertz CT molecular complexity index is 845. The molecule has 3 N–H and O–H groups in total. The molecule has 0 spiro atoms. The van der Waals surface area contributed by atoms with E-state index in [0.717, 1.165) is 43.7 Å². The normalized spacial score (nSPS) is 20.2. The van der Waals surface area contributed by atoms with Gasteiger partial charge in [0.2, 0.25) is 11.7 Å². The summed E-state index contributed by atoms with van der Waals surface area (Å²) in [4.78, 5) is 12.9. The van der Waals surface area contributed by atoms with Crippen LogP contribution in [0.5, 0.6) is 11.5 Å². The van der Waals surface area contributed by atoms with Crippen LogP contribution in [0.4, 0.5) is 0 Å². The number of primary amides is 1. The predicted octanol–water partition coefficient (Wildman–Crippen LogP) is 0.410. The van der Waals surface area contributed by atoms with E-state index < -0.39 is 0 Å². The van der Waals surface area contributed by atoms with Gasteiger partial charge in [0.15, 0.2) is 17.5 Å². The van der Waals surface area contributed by atoms with Gasteiger partial charge in [-0.3, -0.25) is 4.79 Å². The van der Waals surface area contributed by atoms with Gasteiger partial charge in [-0.2, -0.15) is 0 Å². The van der Waals surface area contributed by atoms with Crippen molar-refractivity contribution in [2.45, 2.75) is 45.7 Å². The molecule has 0 aliphatic carbocycles. The fourth-order valence-corrected chi connectivity index (χ4v) is 4.40. The van der Waals surface area contributed by atoms with Gasteiger partial charge in [-0.1, -0.05) is 19.9 Å². The van der Waals surface area contributed by atoms with E-state index in [0.29, 0.717) is 24.0 Å². The van der Waals surface area contributed by atoms with Crippen molar-refractivity contribution in [3.63, 3.8) is 0 Å². The molecular formula is C21H33N6O3+. The number of likely N-dealkylation sites (tertiary alicyclic amines) is 1. The van der Waals surface area contributed by atoms with Gasteiger partial charge in [0.05, 0.1) is 27.3 Å². The molecule has 1 atom stereocenters. The molecule has 9 nitrogen and oxygen atoms in total. The number of hydrogen-bond acceptors (Lipinski definition) is 6. The molecule has 0 saturated carbocycles. The van der Waals surface area contributed by atoms with Crippen LogP contribution in [0.25, 0.3) is 0 Å². The van der Waals surface area contributed by atoms with E-state index in [1.54, 1.807) is 14.2 Å². The van der Waals surface area contributed by atoms with Crippen LogP contribution in [-0.2, 0) is 17.8 Å². The van der Waals surface area contributed by atoms with Crippen LogP contribution in [-0.4, -0.2) is 53.4 Å². The summed E-state index contributed by atoms with van der Waals surface area (Å²) >= 11 is 0. The first-order valence-corrected chi connectivity index (χ1v) is 10.6. The SMILES string of the molecule is COc1ccc(CCn2nnnc2[C@H](C(C)C)[NH+]2CCC(C(N)=O)CC2)cc1OC. The number of hydrogen-bond donors (Lipinski definition) is 2. The molecule has 164 valence electrons. The van der Waals surface area contributed by atoms with Crippen LogP contribution in [0.15, 0.2) is 18.2 Å². The standard InChI is InChI=1S/C21H32N6O3/c1-14(2)19(26-10-8-16(9-11-26)20(22)28)21-23-24-25-27(21)12-7-15-5-6-17(29-3)18(13-15)30-4/h5-6,13-14,16,19H,7-12H2,1-4H3,(H2,22,28)/p+1/t19-/m0/s1. The van der Waals surface area contributed by atoms with E-state index in [1.165, 1.54) is 4.90 Å². The van der Waals surface area contributed by atoms with Crippen LogP contribution < -0.4 is 20.1 Å². The third kappa shape index (κ3) is 4.89. The number of aryl methyl sites for hydroxylation is 2. The molecule has 2 aromatic rings. The molecule has 1 aromatic carbocycles. The molecule has 0 bridgehead atoms. The molecule has 2 heterocycles. The number of amides is 1. The van der Waals surface area contributed by atoms with Gasteiger partial charge in [-0.15, -0.1) is 5.10 Å². The Morgan fingerprint density at radius 3 is 2.53 bits per heavy atom. The van der Waals surface area contributed by atoms with E-state index in [4.69, 9.17) is 15.2 Å². The maximum absolute atomic E-state index is 11.5. The smallest absolute Gasteiger partial charge is 0.220 e. The van der Waals surface area contributed by atoms with Crippen LogP contribution in [0.1, 0.15) is 44.1 Å². The van der Waals surface area contributed by atoms with Crippen molar-refractivity contribution in [2.75, 3.05) is 27.3 Å². The van der Waals surface area contributed by atoms with Crippen LogP contribution in [0.3, 0.4) is 0 Å². The number of nitrogens with one attached hydrogen (secondary N) is 1. The molecule has 9 heteroatoms. The highest BCUT2D eigenvalue weighted by Gasteiger charge is 2.36. The van der Waals surface area contributed by atoms with Crippen LogP contribution in [0, 0.1) is 11.8 Å². The largest absolute Gasteiger partial charge is 0.493 e. The number of methoxy groups -OCH3 is 2. The van der Waals surface area contributed by atoms with Crippen molar-refractivity contribution in [1.82, 2.24) is 20.2 Å². The molecule has 30 heavy (non-hydrogen) atoms. The molecule has 3 rings (SSSR count). The molecule has 1 aliphatic heterocycles. The summed E-state index contributed by atoms with van der Waals surface area (Å²) < 4.78 is 12.6. The average Bonchev–Trinajstić information content (AvgIpc) is 3.20. The zero-order valence-electron chi connectivity index (χ0n) is 18.3. The number of ether oxygens (including phenoxy) is 2. The van der Waals surface area contributed by atoms with Gasteiger partial charge in [0, 0.05) is 31.2 Å². The lowest BCUT2D eigenvalue weighted by Gasteiger charge is -2.35. The van der Waals surface area contributed by atoms with Gasteiger partial charge < -0.3 is 20.1 Å². The lowest BCUT2D eigenvalue weighted by atomic mass is 9.92. The molecular weight excluding hydrogens is 384 g/mol. The van der Waals surface area contributed by atoms with Crippen LogP contribution in [0.2, 0.25) is 0 Å². The minimum absolute atomic E-state index is 0.0115. The summed E-state index contributed by atoms with van der Waals surface area (Å²) in [5, 5.41) is 12.6. The van der Waals surface area contributed by atoms with E-state index >= 15 is 0 Å². The fourth-order valence-electron chi connectivity index (χ4n) is 4.40. The number of nitrogens with two attached hydrogens (primary N) is 1. The van der Waals surface area contributed by atoms with Crippen molar-refractivity contribution >= 4 is 5.91 Å². The van der Waals surface area contributed by atoms with Crippen molar-refractivity contribution < 1.29 is 19.2 Å². The second-order valence-electron chi connectivity index (χ2n) is 8.26. The Morgan fingerprint density at radius 2 is 1.93 bits per heavy atom. The first-order valence-electron chi connectivity index (χ1n) is 10.6. The zero-order chi connectivity index (χ0) is 21.7. The number of tetrazole rings is 1. The minimum atomic E-state index is -0.185. The highest BCUT2D eigenvalue weighted by atomic mass is 16.5. The molecule has 1 fully saturated rings. The molecule has 1 aliphatic rings. The zero-order valence-corrected chi connectivity index (χ0v) is 18.3. The Labute approximate surface area is 177 Å². The number of carbonyl (C=O) groups excluding carboxylic acids is 1. The lowest BCUT2D eigenvalue weighted by Crippen LogP contribution is -3.14. The monoisotopic (exact) mass is 417 g/mol. The first kappa shape index (κ1) is 22.0. The van der Waals surface area contributed by atoms with Crippen molar-refractivity contribution in [2.24, 2.45) is 17.6 Å². The van der Waals surface area contributed by atoms with E-state index in [2.05, 4.69) is 29.4 Å². The fraction of sp³-hybridized carbons (Fsp3) is 0.619. The minimum Gasteiger partial charge on any atom is -0.493 e. The Kier molecular flexibility index (Phi) is 7.25. The number of nitrogens with zero attached hydrogens (tertiary/aromatic N) is 4. The molecule has 0 unspecified atom stereocenters. The average molecular weight is 418 g/mol. The van der Waals surface area contributed by atoms with Crippen LogP contribution >= 0.6 is 0 Å². The van der Waals surface area contributed by atoms with E-state index in [1.807, 2.05) is 22.9 Å². The lowest BCUT2D eigenvalue weighted by molar-refractivity contribution is -0.941. The van der Waals surface area contributed by atoms with Gasteiger partial charge >= 0.3 is 0 Å². The summed E-state index contributed by atoms with van der Waals surface area (Å²) in [7, 11) is 3.27. The summed E-state index contributed by atoms with van der Waals surface area (Å²) in [5.74, 6) is 2.51.